The van der Waals surface area contributed by atoms with Gasteiger partial charge in [0.15, 0.2) is 0 Å². The molecule has 8 heteroatoms. The number of imidazole rings is 1. The van der Waals surface area contributed by atoms with Crippen LogP contribution in [0.15, 0.2) is 36.4 Å². The monoisotopic (exact) mass is 455 g/mol. The molecule has 5 rings (SSSR count). The average molecular weight is 456 g/mol. The SMILES string of the molecule is CN1CCN(C(=O)C2CCN(c3ccc(Cl)c(-c4nc5ccc(F)cc5[nH]4)c3)CC2)CC1. The zero-order valence-corrected chi connectivity index (χ0v) is 18.9. The van der Waals surface area contributed by atoms with E-state index in [9.17, 15) is 9.18 Å². The second-order valence-corrected chi connectivity index (χ2v) is 9.21. The first kappa shape index (κ1) is 21.2. The maximum Gasteiger partial charge on any atom is 0.225 e. The van der Waals surface area contributed by atoms with E-state index in [0.29, 0.717) is 27.8 Å². The minimum Gasteiger partial charge on any atom is -0.371 e. The first-order valence-corrected chi connectivity index (χ1v) is 11.5. The molecule has 2 aliphatic heterocycles. The van der Waals surface area contributed by atoms with Crippen LogP contribution >= 0.6 is 11.6 Å². The van der Waals surface area contributed by atoms with Crippen molar-refractivity contribution in [1.29, 1.82) is 0 Å². The molecule has 2 saturated heterocycles. The van der Waals surface area contributed by atoms with Crippen LogP contribution in [-0.2, 0) is 4.79 Å². The van der Waals surface area contributed by atoms with Gasteiger partial charge in [-0.15, -0.1) is 0 Å². The molecule has 0 atom stereocenters. The second-order valence-electron chi connectivity index (χ2n) is 8.80. The molecule has 0 spiro atoms. The second kappa shape index (κ2) is 8.71. The number of carbonyl (C=O) groups excluding carboxylic acids is 1. The molecule has 1 aromatic heterocycles. The number of likely N-dealkylation sites (N-methyl/N-ethyl adjacent to an activating group) is 1. The Morgan fingerprint density at radius 2 is 1.81 bits per heavy atom. The number of carbonyl (C=O) groups is 1. The first-order chi connectivity index (χ1) is 15.5. The Morgan fingerprint density at radius 3 is 2.56 bits per heavy atom. The molecule has 3 heterocycles. The van der Waals surface area contributed by atoms with Gasteiger partial charge in [-0.25, -0.2) is 9.37 Å². The predicted molar refractivity (Wildman–Crippen MR) is 126 cm³/mol. The number of piperidine rings is 1. The van der Waals surface area contributed by atoms with Crippen LogP contribution < -0.4 is 4.90 Å². The van der Waals surface area contributed by atoms with E-state index < -0.39 is 0 Å². The van der Waals surface area contributed by atoms with Gasteiger partial charge in [0.2, 0.25) is 5.91 Å². The third kappa shape index (κ3) is 4.19. The standard InChI is InChI=1S/C24H27ClFN5O/c1-29-10-12-31(13-11-29)24(32)16-6-8-30(9-7-16)18-3-4-20(25)19(15-18)23-27-21-5-2-17(26)14-22(21)28-23/h2-5,14-16H,6-13H2,1H3,(H,27,28). The highest BCUT2D eigenvalue weighted by Gasteiger charge is 2.30. The normalized spacial score (nSPS) is 18.5. The van der Waals surface area contributed by atoms with Crippen LogP contribution in [0.25, 0.3) is 22.4 Å². The maximum absolute atomic E-state index is 13.5. The number of fused-ring (bicyclic) bond motifs is 1. The van der Waals surface area contributed by atoms with Crippen molar-refractivity contribution in [2.75, 3.05) is 51.2 Å². The van der Waals surface area contributed by atoms with Gasteiger partial charge in [-0.1, -0.05) is 11.6 Å². The fourth-order valence-corrected chi connectivity index (χ4v) is 4.88. The molecule has 2 fully saturated rings. The van der Waals surface area contributed by atoms with Crippen LogP contribution in [0.2, 0.25) is 5.02 Å². The Labute approximate surface area is 192 Å². The molecule has 0 aliphatic carbocycles. The zero-order valence-electron chi connectivity index (χ0n) is 18.2. The molecule has 2 aliphatic rings. The predicted octanol–water partition coefficient (Wildman–Crippen LogP) is 4.01. The van der Waals surface area contributed by atoms with Gasteiger partial charge in [0.05, 0.1) is 16.1 Å². The fourth-order valence-electron chi connectivity index (χ4n) is 4.67. The smallest absolute Gasteiger partial charge is 0.225 e. The summed E-state index contributed by atoms with van der Waals surface area (Å²) in [4.78, 5) is 27.3. The van der Waals surface area contributed by atoms with Gasteiger partial charge in [0.1, 0.15) is 11.6 Å². The van der Waals surface area contributed by atoms with Crippen molar-refractivity contribution in [3.8, 4) is 11.4 Å². The molecule has 6 nitrogen and oxygen atoms in total. The Balaban J connectivity index is 1.29. The summed E-state index contributed by atoms with van der Waals surface area (Å²) in [6, 6.07) is 10.4. The largest absolute Gasteiger partial charge is 0.371 e. The van der Waals surface area contributed by atoms with Crippen molar-refractivity contribution in [1.82, 2.24) is 19.8 Å². The van der Waals surface area contributed by atoms with E-state index in [2.05, 4.69) is 26.8 Å². The highest BCUT2D eigenvalue weighted by atomic mass is 35.5. The number of aromatic amines is 1. The van der Waals surface area contributed by atoms with Crippen molar-refractivity contribution < 1.29 is 9.18 Å². The van der Waals surface area contributed by atoms with Crippen molar-refractivity contribution in [2.24, 2.45) is 5.92 Å². The number of nitrogens with one attached hydrogen (secondary N) is 1. The number of amides is 1. The minimum absolute atomic E-state index is 0.103. The van der Waals surface area contributed by atoms with E-state index in [1.165, 1.54) is 12.1 Å². The molecule has 0 unspecified atom stereocenters. The quantitative estimate of drug-likeness (QED) is 0.648. The van der Waals surface area contributed by atoms with Gasteiger partial charge in [0.25, 0.3) is 0 Å². The van der Waals surface area contributed by atoms with Crippen molar-refractivity contribution in [2.45, 2.75) is 12.8 Å². The highest BCUT2D eigenvalue weighted by Crippen LogP contribution is 2.33. The lowest BCUT2D eigenvalue weighted by Gasteiger charge is -2.38. The summed E-state index contributed by atoms with van der Waals surface area (Å²) >= 11 is 6.48. The zero-order chi connectivity index (χ0) is 22.2. The molecule has 0 radical (unpaired) electrons. The molecule has 168 valence electrons. The third-order valence-electron chi connectivity index (χ3n) is 6.67. The molecule has 0 saturated carbocycles. The summed E-state index contributed by atoms with van der Waals surface area (Å²) in [5, 5.41) is 0.591. The van der Waals surface area contributed by atoms with E-state index in [-0.39, 0.29) is 11.7 Å². The molecule has 3 aromatic rings. The number of nitrogens with zero attached hydrogens (tertiary/aromatic N) is 4. The van der Waals surface area contributed by atoms with Crippen LogP contribution in [0.3, 0.4) is 0 Å². The van der Waals surface area contributed by atoms with Crippen LogP contribution in [0.1, 0.15) is 12.8 Å². The summed E-state index contributed by atoms with van der Waals surface area (Å²) < 4.78 is 13.5. The minimum atomic E-state index is -0.304. The Hall–Kier alpha value is -2.64. The summed E-state index contributed by atoms with van der Waals surface area (Å²) in [6.45, 7) is 5.22. The van der Waals surface area contributed by atoms with Crippen molar-refractivity contribution in [3.05, 3.63) is 47.2 Å². The average Bonchev–Trinajstić information content (AvgIpc) is 3.22. The highest BCUT2D eigenvalue weighted by molar-refractivity contribution is 6.33. The maximum atomic E-state index is 13.5. The van der Waals surface area contributed by atoms with E-state index in [4.69, 9.17) is 11.6 Å². The van der Waals surface area contributed by atoms with Gasteiger partial charge >= 0.3 is 0 Å². The van der Waals surface area contributed by atoms with Crippen LogP contribution in [-0.4, -0.2) is 72.0 Å². The number of hydrogen-bond donors (Lipinski definition) is 1. The number of piperazine rings is 1. The number of benzene rings is 2. The topological polar surface area (TPSA) is 55.5 Å². The summed E-state index contributed by atoms with van der Waals surface area (Å²) in [5.41, 5.74) is 3.19. The molecular formula is C24H27ClFN5O. The number of halogens is 2. The molecule has 0 bridgehead atoms. The summed E-state index contributed by atoms with van der Waals surface area (Å²) in [7, 11) is 2.10. The Bertz CT molecular complexity index is 1130. The van der Waals surface area contributed by atoms with Gasteiger partial charge < -0.3 is 19.7 Å². The fraction of sp³-hybridized carbons (Fsp3) is 0.417. The van der Waals surface area contributed by atoms with Crippen LogP contribution in [0.5, 0.6) is 0 Å². The van der Waals surface area contributed by atoms with Crippen LogP contribution in [0, 0.1) is 11.7 Å². The van der Waals surface area contributed by atoms with E-state index in [1.807, 2.05) is 23.1 Å². The van der Waals surface area contributed by atoms with Crippen molar-refractivity contribution in [3.63, 3.8) is 0 Å². The number of anilines is 1. The third-order valence-corrected chi connectivity index (χ3v) is 7.00. The van der Waals surface area contributed by atoms with Gasteiger partial charge in [-0.2, -0.15) is 0 Å². The van der Waals surface area contributed by atoms with Gasteiger partial charge in [-0.3, -0.25) is 4.79 Å². The summed E-state index contributed by atoms with van der Waals surface area (Å²) in [6.07, 6.45) is 1.71. The molecule has 2 aromatic carbocycles. The lowest BCUT2D eigenvalue weighted by molar-refractivity contribution is -0.137. The van der Waals surface area contributed by atoms with E-state index in [1.54, 1.807) is 6.07 Å². The van der Waals surface area contributed by atoms with Crippen molar-refractivity contribution >= 4 is 34.2 Å². The number of H-pyrrole nitrogens is 1. The Kier molecular flexibility index (Phi) is 5.78. The summed E-state index contributed by atoms with van der Waals surface area (Å²) in [5.74, 6) is 0.731. The molecule has 32 heavy (non-hydrogen) atoms. The Morgan fingerprint density at radius 1 is 1.06 bits per heavy atom. The molecule has 1 N–H and O–H groups in total. The van der Waals surface area contributed by atoms with Crippen LogP contribution in [0.4, 0.5) is 10.1 Å². The van der Waals surface area contributed by atoms with E-state index >= 15 is 0 Å². The lowest BCUT2D eigenvalue weighted by Crippen LogP contribution is -2.50. The number of aromatic nitrogens is 2. The first-order valence-electron chi connectivity index (χ1n) is 11.2. The van der Waals surface area contributed by atoms with E-state index in [0.717, 1.165) is 63.4 Å². The molecular weight excluding hydrogens is 429 g/mol. The number of hydrogen-bond acceptors (Lipinski definition) is 4. The van der Waals surface area contributed by atoms with Gasteiger partial charge in [0, 0.05) is 56.4 Å². The molecule has 1 amide bonds. The van der Waals surface area contributed by atoms with Gasteiger partial charge in [-0.05, 0) is 56.3 Å². The number of rotatable bonds is 3. The lowest BCUT2D eigenvalue weighted by atomic mass is 9.94.